The van der Waals surface area contributed by atoms with Crippen LogP contribution in [0.25, 0.3) is 0 Å². The molecule has 4 nitrogen and oxygen atoms in total. The van der Waals surface area contributed by atoms with E-state index in [0.29, 0.717) is 31.9 Å². The number of imidazole rings is 1. The van der Waals surface area contributed by atoms with Gasteiger partial charge >= 0.3 is 6.18 Å². The SMILES string of the molecule is CC.Cc1cn(CCCOCc2ccccc2)c(C(=O)c2cccc(C(F)(F)F)c2)n1. The fraction of sp³-hybridized carbons (Fsp3) is 0.333. The molecule has 31 heavy (non-hydrogen) atoms. The van der Waals surface area contributed by atoms with Gasteiger partial charge in [-0.15, -0.1) is 0 Å². The zero-order chi connectivity index (χ0) is 22.9. The van der Waals surface area contributed by atoms with E-state index in [1.807, 2.05) is 44.2 Å². The second-order valence-electron chi connectivity index (χ2n) is 6.70. The molecule has 2 aromatic carbocycles. The number of aryl methyl sites for hydroxylation is 2. The number of hydrogen-bond donors (Lipinski definition) is 0. The van der Waals surface area contributed by atoms with Crippen LogP contribution in [0.15, 0.2) is 60.8 Å². The molecule has 0 radical (unpaired) electrons. The van der Waals surface area contributed by atoms with Crippen molar-refractivity contribution in [3.8, 4) is 0 Å². The fourth-order valence-corrected chi connectivity index (χ4v) is 2.97. The van der Waals surface area contributed by atoms with Crippen molar-refractivity contribution in [3.05, 3.63) is 89.0 Å². The monoisotopic (exact) mass is 432 g/mol. The van der Waals surface area contributed by atoms with E-state index >= 15 is 0 Å². The molecule has 166 valence electrons. The van der Waals surface area contributed by atoms with Gasteiger partial charge in [0, 0.05) is 24.9 Å². The molecule has 3 rings (SSSR count). The van der Waals surface area contributed by atoms with E-state index in [4.69, 9.17) is 4.74 Å². The van der Waals surface area contributed by atoms with Crippen LogP contribution in [-0.4, -0.2) is 21.9 Å². The van der Waals surface area contributed by atoms with Crippen LogP contribution in [-0.2, 0) is 24.1 Å². The van der Waals surface area contributed by atoms with E-state index in [9.17, 15) is 18.0 Å². The predicted octanol–water partition coefficient (Wildman–Crippen LogP) is 6.07. The lowest BCUT2D eigenvalue weighted by Crippen LogP contribution is -2.14. The Morgan fingerprint density at radius 2 is 1.77 bits per heavy atom. The van der Waals surface area contributed by atoms with Gasteiger partial charge in [0.2, 0.25) is 5.78 Å². The Kier molecular flexibility index (Phi) is 9.00. The molecular weight excluding hydrogens is 405 g/mol. The highest BCUT2D eigenvalue weighted by Crippen LogP contribution is 2.30. The lowest BCUT2D eigenvalue weighted by Gasteiger charge is -2.10. The molecule has 7 heteroatoms. The summed E-state index contributed by atoms with van der Waals surface area (Å²) in [6.45, 7) is 7.21. The standard InChI is InChI=1S/C22H21F3N2O2.C2H6/c1-16-14-27(11-6-12-29-15-17-7-3-2-4-8-17)21(26-16)20(28)18-9-5-10-19(13-18)22(23,24)25;1-2/h2-5,7-10,13-14H,6,11-12,15H2,1H3;1-2H3. The Labute approximate surface area is 180 Å². The summed E-state index contributed by atoms with van der Waals surface area (Å²) in [5.74, 6) is -0.403. The normalized spacial score (nSPS) is 11.0. The molecule has 0 amide bonds. The first-order chi connectivity index (χ1) is 14.8. The molecule has 1 aromatic heterocycles. The van der Waals surface area contributed by atoms with Crippen LogP contribution in [0.1, 0.15) is 53.3 Å². The largest absolute Gasteiger partial charge is 0.416 e. The van der Waals surface area contributed by atoms with Gasteiger partial charge in [-0.1, -0.05) is 56.3 Å². The van der Waals surface area contributed by atoms with Crippen LogP contribution >= 0.6 is 0 Å². The number of carbonyl (C=O) groups is 1. The zero-order valence-electron chi connectivity index (χ0n) is 17.9. The minimum absolute atomic E-state index is 0.0352. The highest BCUT2D eigenvalue weighted by Gasteiger charge is 2.31. The number of hydrogen-bond acceptors (Lipinski definition) is 3. The molecule has 0 spiro atoms. The maximum Gasteiger partial charge on any atom is 0.416 e. The summed E-state index contributed by atoms with van der Waals surface area (Å²) in [4.78, 5) is 17.0. The minimum atomic E-state index is -4.50. The Morgan fingerprint density at radius 3 is 2.45 bits per heavy atom. The van der Waals surface area contributed by atoms with Crippen LogP contribution in [0.4, 0.5) is 13.2 Å². The third kappa shape index (κ3) is 7.07. The van der Waals surface area contributed by atoms with E-state index in [1.54, 1.807) is 17.7 Å². The first kappa shape index (κ1) is 24.3. The molecule has 0 N–H and O–H groups in total. The van der Waals surface area contributed by atoms with Crippen LogP contribution in [0.3, 0.4) is 0 Å². The van der Waals surface area contributed by atoms with Crippen molar-refractivity contribution in [1.82, 2.24) is 9.55 Å². The number of benzene rings is 2. The van der Waals surface area contributed by atoms with Gasteiger partial charge in [-0.2, -0.15) is 13.2 Å². The molecule has 0 bridgehead atoms. The van der Waals surface area contributed by atoms with Gasteiger partial charge in [0.05, 0.1) is 17.9 Å². The van der Waals surface area contributed by atoms with Crippen molar-refractivity contribution in [1.29, 1.82) is 0 Å². The highest BCUT2D eigenvalue weighted by atomic mass is 19.4. The Morgan fingerprint density at radius 1 is 1.06 bits per heavy atom. The summed E-state index contributed by atoms with van der Waals surface area (Å²) in [5.41, 5.74) is 0.816. The summed E-state index contributed by atoms with van der Waals surface area (Å²) in [7, 11) is 0. The Balaban J connectivity index is 0.00000166. The lowest BCUT2D eigenvalue weighted by atomic mass is 10.1. The van der Waals surface area contributed by atoms with Crippen molar-refractivity contribution >= 4 is 5.78 Å². The number of ketones is 1. The van der Waals surface area contributed by atoms with Gasteiger partial charge in [-0.05, 0) is 31.0 Å². The molecule has 0 atom stereocenters. The first-order valence-electron chi connectivity index (χ1n) is 10.2. The van der Waals surface area contributed by atoms with Crippen molar-refractivity contribution in [2.45, 2.75) is 46.5 Å². The van der Waals surface area contributed by atoms with Gasteiger partial charge in [-0.25, -0.2) is 4.98 Å². The van der Waals surface area contributed by atoms with Gasteiger partial charge in [-0.3, -0.25) is 4.79 Å². The third-order valence-corrected chi connectivity index (χ3v) is 4.35. The van der Waals surface area contributed by atoms with Gasteiger partial charge in [0.1, 0.15) is 0 Å². The summed E-state index contributed by atoms with van der Waals surface area (Å²) < 4.78 is 46.1. The van der Waals surface area contributed by atoms with Crippen LogP contribution in [0.2, 0.25) is 0 Å². The third-order valence-electron chi connectivity index (χ3n) is 4.35. The quantitative estimate of drug-likeness (QED) is 0.320. The summed E-state index contributed by atoms with van der Waals surface area (Å²) in [6.07, 6.45) is -2.14. The van der Waals surface area contributed by atoms with E-state index in [0.717, 1.165) is 17.7 Å². The van der Waals surface area contributed by atoms with Crippen LogP contribution < -0.4 is 0 Å². The zero-order valence-corrected chi connectivity index (χ0v) is 17.9. The van der Waals surface area contributed by atoms with Gasteiger partial charge < -0.3 is 9.30 Å². The number of rotatable bonds is 8. The van der Waals surface area contributed by atoms with Crippen molar-refractivity contribution in [3.63, 3.8) is 0 Å². The number of carbonyl (C=O) groups excluding carboxylic acids is 1. The van der Waals surface area contributed by atoms with Gasteiger partial charge in [0.15, 0.2) is 5.82 Å². The molecule has 0 saturated heterocycles. The number of halogens is 3. The van der Waals surface area contributed by atoms with Crippen molar-refractivity contribution in [2.75, 3.05) is 6.61 Å². The average Bonchev–Trinajstić information content (AvgIpc) is 3.15. The number of alkyl halides is 3. The summed E-state index contributed by atoms with van der Waals surface area (Å²) in [5, 5.41) is 0. The van der Waals surface area contributed by atoms with E-state index in [-0.39, 0.29) is 11.4 Å². The second-order valence-corrected chi connectivity index (χ2v) is 6.70. The number of aromatic nitrogens is 2. The highest BCUT2D eigenvalue weighted by molar-refractivity contribution is 6.06. The molecule has 0 aliphatic heterocycles. The van der Waals surface area contributed by atoms with Crippen molar-refractivity contribution < 1.29 is 22.7 Å². The van der Waals surface area contributed by atoms with E-state index in [1.165, 1.54) is 12.1 Å². The lowest BCUT2D eigenvalue weighted by molar-refractivity contribution is -0.137. The van der Waals surface area contributed by atoms with E-state index < -0.39 is 17.5 Å². The maximum absolute atomic E-state index is 12.9. The molecular formula is C24H27F3N2O2. The van der Waals surface area contributed by atoms with Crippen LogP contribution in [0, 0.1) is 6.92 Å². The minimum Gasteiger partial charge on any atom is -0.377 e. The predicted molar refractivity (Wildman–Crippen MR) is 114 cm³/mol. The molecule has 0 saturated carbocycles. The molecule has 0 unspecified atom stereocenters. The summed E-state index contributed by atoms with van der Waals surface area (Å²) in [6, 6.07) is 14.2. The topological polar surface area (TPSA) is 44.1 Å². The Bertz CT molecular complexity index is 966. The number of ether oxygens (including phenoxy) is 1. The maximum atomic E-state index is 12.9. The fourth-order valence-electron chi connectivity index (χ4n) is 2.97. The second kappa shape index (κ2) is 11.5. The molecule has 0 aliphatic rings. The molecule has 0 aliphatic carbocycles. The molecule has 0 fully saturated rings. The average molecular weight is 432 g/mol. The molecule has 3 aromatic rings. The van der Waals surface area contributed by atoms with Gasteiger partial charge in [0.25, 0.3) is 0 Å². The Hall–Kier alpha value is -2.93. The number of nitrogens with zero attached hydrogens (tertiary/aromatic N) is 2. The van der Waals surface area contributed by atoms with Crippen molar-refractivity contribution in [2.24, 2.45) is 0 Å². The first-order valence-corrected chi connectivity index (χ1v) is 10.2. The summed E-state index contributed by atoms with van der Waals surface area (Å²) >= 11 is 0. The smallest absolute Gasteiger partial charge is 0.377 e. The van der Waals surface area contributed by atoms with E-state index in [2.05, 4.69) is 4.98 Å². The van der Waals surface area contributed by atoms with Crippen LogP contribution in [0.5, 0.6) is 0 Å². The molecule has 1 heterocycles.